The monoisotopic (exact) mass is 352 g/mol. The topological polar surface area (TPSA) is 76.8 Å². The largest absolute Gasteiger partial charge is 0.399 e. The zero-order valence-electron chi connectivity index (χ0n) is 14.2. The Morgan fingerprint density at radius 1 is 0.800 bits per heavy atom. The van der Waals surface area contributed by atoms with Gasteiger partial charge in [-0.1, -0.05) is 30.3 Å². The van der Waals surface area contributed by atoms with Crippen LogP contribution in [0.2, 0.25) is 0 Å². The molecule has 4 nitrogen and oxygen atoms in total. The van der Waals surface area contributed by atoms with E-state index in [0.717, 1.165) is 33.6 Å². The molecule has 0 aromatic heterocycles. The molecule has 0 spiro atoms. The van der Waals surface area contributed by atoms with Crippen molar-refractivity contribution in [2.75, 3.05) is 11.5 Å². The number of benzene rings is 3. The number of azo groups is 1. The van der Waals surface area contributed by atoms with E-state index in [1.54, 1.807) is 6.07 Å². The average molecular weight is 353 g/mol. The molecule has 0 heterocycles. The fraction of sp³-hybridized carbons (Fsp3) is 0.100. The van der Waals surface area contributed by atoms with Crippen LogP contribution >= 0.6 is 12.4 Å². The van der Waals surface area contributed by atoms with E-state index in [4.69, 9.17) is 11.5 Å². The van der Waals surface area contributed by atoms with Crippen LogP contribution in [0.4, 0.5) is 22.7 Å². The van der Waals surface area contributed by atoms with E-state index in [0.29, 0.717) is 11.4 Å². The van der Waals surface area contributed by atoms with Gasteiger partial charge in [-0.15, -0.1) is 12.4 Å². The van der Waals surface area contributed by atoms with E-state index in [1.165, 1.54) is 0 Å². The van der Waals surface area contributed by atoms with E-state index in [9.17, 15) is 0 Å². The molecule has 0 bridgehead atoms. The number of aryl methyl sites for hydroxylation is 1. The van der Waals surface area contributed by atoms with Gasteiger partial charge in [0.05, 0.1) is 11.4 Å². The minimum absolute atomic E-state index is 0. The van der Waals surface area contributed by atoms with Gasteiger partial charge in [0, 0.05) is 16.9 Å². The van der Waals surface area contributed by atoms with Crippen LogP contribution in [0.3, 0.4) is 0 Å². The lowest BCUT2D eigenvalue weighted by Crippen LogP contribution is -1.96. The van der Waals surface area contributed by atoms with Gasteiger partial charge in [0.2, 0.25) is 0 Å². The third kappa shape index (κ3) is 3.98. The number of hydrogen-bond donors (Lipinski definition) is 2. The third-order valence-corrected chi connectivity index (χ3v) is 4.02. The molecule has 0 unspecified atom stereocenters. The van der Waals surface area contributed by atoms with Gasteiger partial charge in [0.1, 0.15) is 0 Å². The molecule has 0 aliphatic heterocycles. The van der Waals surface area contributed by atoms with Crippen LogP contribution < -0.4 is 11.5 Å². The Kier molecular flexibility index (Phi) is 5.78. The molecule has 5 heteroatoms. The zero-order valence-corrected chi connectivity index (χ0v) is 15.0. The minimum atomic E-state index is 0. The lowest BCUT2D eigenvalue weighted by atomic mass is 9.93. The SMILES string of the molecule is Cc1ccc(N=Nc2ccccc2)c(C)c1-c1ccc(N)cc1N.Cl. The molecule has 0 atom stereocenters. The molecule has 0 saturated carbocycles. The van der Waals surface area contributed by atoms with Crippen molar-refractivity contribution in [1.82, 2.24) is 0 Å². The van der Waals surface area contributed by atoms with E-state index < -0.39 is 0 Å². The number of halogens is 1. The molecule has 0 aliphatic carbocycles. The van der Waals surface area contributed by atoms with Crippen LogP contribution in [-0.2, 0) is 0 Å². The second-order valence-electron chi connectivity index (χ2n) is 5.78. The second kappa shape index (κ2) is 7.81. The number of nitrogen functional groups attached to an aromatic ring is 2. The maximum atomic E-state index is 6.17. The van der Waals surface area contributed by atoms with E-state index in [1.807, 2.05) is 61.5 Å². The van der Waals surface area contributed by atoms with Crippen LogP contribution in [0.25, 0.3) is 11.1 Å². The molecular formula is C20H21ClN4. The van der Waals surface area contributed by atoms with Crippen molar-refractivity contribution in [3.63, 3.8) is 0 Å². The van der Waals surface area contributed by atoms with Gasteiger partial charge in [-0.05, 0) is 60.9 Å². The number of anilines is 2. The highest BCUT2D eigenvalue weighted by Gasteiger charge is 2.12. The summed E-state index contributed by atoms with van der Waals surface area (Å²) in [5, 5.41) is 8.72. The molecule has 0 amide bonds. The lowest BCUT2D eigenvalue weighted by molar-refractivity contribution is 1.20. The van der Waals surface area contributed by atoms with Crippen LogP contribution in [0.5, 0.6) is 0 Å². The van der Waals surface area contributed by atoms with Crippen molar-refractivity contribution >= 4 is 35.2 Å². The summed E-state index contributed by atoms with van der Waals surface area (Å²) in [7, 11) is 0. The van der Waals surface area contributed by atoms with Gasteiger partial charge in [0.15, 0.2) is 0 Å². The minimum Gasteiger partial charge on any atom is -0.399 e. The van der Waals surface area contributed by atoms with E-state index in [-0.39, 0.29) is 12.4 Å². The van der Waals surface area contributed by atoms with Gasteiger partial charge in [-0.3, -0.25) is 0 Å². The normalized spacial score (nSPS) is 10.6. The van der Waals surface area contributed by atoms with E-state index >= 15 is 0 Å². The summed E-state index contributed by atoms with van der Waals surface area (Å²) < 4.78 is 0. The number of rotatable bonds is 3. The van der Waals surface area contributed by atoms with E-state index in [2.05, 4.69) is 17.2 Å². The Hall–Kier alpha value is -2.85. The maximum absolute atomic E-state index is 6.17. The summed E-state index contributed by atoms with van der Waals surface area (Å²) in [6, 6.07) is 19.3. The van der Waals surface area contributed by atoms with Gasteiger partial charge < -0.3 is 11.5 Å². The summed E-state index contributed by atoms with van der Waals surface area (Å²) in [4.78, 5) is 0. The summed E-state index contributed by atoms with van der Waals surface area (Å²) in [5.41, 5.74) is 19.2. The first-order valence-corrected chi connectivity index (χ1v) is 7.78. The third-order valence-electron chi connectivity index (χ3n) is 4.02. The molecule has 0 saturated heterocycles. The van der Waals surface area contributed by atoms with Crippen molar-refractivity contribution in [3.8, 4) is 11.1 Å². The van der Waals surface area contributed by atoms with Gasteiger partial charge in [-0.25, -0.2) is 0 Å². The highest BCUT2D eigenvalue weighted by molar-refractivity contribution is 5.85. The van der Waals surface area contributed by atoms with Gasteiger partial charge in [-0.2, -0.15) is 10.2 Å². The summed E-state index contributed by atoms with van der Waals surface area (Å²) in [5.74, 6) is 0. The molecule has 0 aliphatic rings. The molecule has 3 rings (SSSR count). The number of nitrogens with two attached hydrogens (primary N) is 2. The fourth-order valence-electron chi connectivity index (χ4n) is 2.77. The highest BCUT2D eigenvalue weighted by atomic mass is 35.5. The summed E-state index contributed by atoms with van der Waals surface area (Å²) in [6.07, 6.45) is 0. The Labute approximate surface area is 154 Å². The van der Waals surface area contributed by atoms with Crippen molar-refractivity contribution in [2.45, 2.75) is 13.8 Å². The zero-order chi connectivity index (χ0) is 17.1. The molecule has 3 aromatic carbocycles. The molecule has 0 radical (unpaired) electrons. The lowest BCUT2D eigenvalue weighted by Gasteiger charge is -2.14. The Morgan fingerprint density at radius 3 is 2.20 bits per heavy atom. The smallest absolute Gasteiger partial charge is 0.0892 e. The van der Waals surface area contributed by atoms with Crippen LogP contribution in [-0.4, -0.2) is 0 Å². The summed E-state index contributed by atoms with van der Waals surface area (Å²) in [6.45, 7) is 4.10. The van der Waals surface area contributed by atoms with Crippen molar-refractivity contribution in [1.29, 1.82) is 0 Å². The first kappa shape index (κ1) is 18.5. The Morgan fingerprint density at radius 2 is 1.52 bits per heavy atom. The standard InChI is InChI=1S/C20H20N4.ClH/c1-13-8-11-19(24-23-16-6-4-3-5-7-16)14(2)20(13)17-10-9-15(21)12-18(17)22;/h3-12H,21-22H2,1-2H3;1H. The molecule has 0 fully saturated rings. The number of nitrogens with zero attached hydrogens (tertiary/aromatic N) is 2. The Balaban J connectivity index is 0.00000225. The molecule has 25 heavy (non-hydrogen) atoms. The molecule has 4 N–H and O–H groups in total. The van der Waals surface area contributed by atoms with Crippen molar-refractivity contribution < 1.29 is 0 Å². The highest BCUT2D eigenvalue weighted by Crippen LogP contribution is 2.37. The van der Waals surface area contributed by atoms with Crippen LogP contribution in [0.15, 0.2) is 70.9 Å². The molecule has 3 aromatic rings. The predicted molar refractivity (Wildman–Crippen MR) is 108 cm³/mol. The molecular weight excluding hydrogens is 332 g/mol. The predicted octanol–water partition coefficient (Wildman–Crippen LogP) is 5.97. The van der Waals surface area contributed by atoms with Crippen LogP contribution in [0.1, 0.15) is 11.1 Å². The fourth-order valence-corrected chi connectivity index (χ4v) is 2.77. The van der Waals surface area contributed by atoms with Crippen LogP contribution in [0, 0.1) is 13.8 Å². The maximum Gasteiger partial charge on any atom is 0.0892 e. The number of hydrogen-bond acceptors (Lipinski definition) is 4. The van der Waals surface area contributed by atoms with Crippen molar-refractivity contribution in [3.05, 3.63) is 71.8 Å². The first-order valence-electron chi connectivity index (χ1n) is 7.78. The first-order chi connectivity index (χ1) is 11.6. The average Bonchev–Trinajstić information content (AvgIpc) is 2.57. The summed E-state index contributed by atoms with van der Waals surface area (Å²) >= 11 is 0. The Bertz CT molecular complexity index is 905. The van der Waals surface area contributed by atoms with Gasteiger partial charge in [0.25, 0.3) is 0 Å². The quantitative estimate of drug-likeness (QED) is 0.449. The second-order valence-corrected chi connectivity index (χ2v) is 5.78. The van der Waals surface area contributed by atoms with Crippen molar-refractivity contribution in [2.24, 2.45) is 10.2 Å². The van der Waals surface area contributed by atoms with Gasteiger partial charge >= 0.3 is 0 Å². The molecule has 128 valence electrons.